The predicted molar refractivity (Wildman–Crippen MR) is 78.6 cm³/mol. The highest BCUT2D eigenvalue weighted by atomic mass is 32.2. The third kappa shape index (κ3) is 2.95. The quantitative estimate of drug-likeness (QED) is 0.759. The smallest absolute Gasteiger partial charge is 0.282 e. The van der Waals surface area contributed by atoms with Crippen molar-refractivity contribution in [2.45, 2.75) is 25.3 Å². The summed E-state index contributed by atoms with van der Waals surface area (Å²) in [6.07, 6.45) is 3.29. The van der Waals surface area contributed by atoms with Gasteiger partial charge in [0.25, 0.3) is 10.2 Å². The molecular formula is C12H23N3O2S2. The Morgan fingerprint density at radius 3 is 2.11 bits per heavy atom. The second-order valence-electron chi connectivity index (χ2n) is 5.57. The summed E-state index contributed by atoms with van der Waals surface area (Å²) in [6, 6.07) is 0.682. The first-order chi connectivity index (χ1) is 9.18. The summed E-state index contributed by atoms with van der Waals surface area (Å²) in [5.41, 5.74) is 0. The maximum Gasteiger partial charge on any atom is 0.282 e. The first-order valence-corrected chi connectivity index (χ1v) is 9.80. The number of nitrogens with zero attached hydrogens (tertiary/aromatic N) is 3. The highest BCUT2D eigenvalue weighted by molar-refractivity contribution is 7.99. The first-order valence-electron chi connectivity index (χ1n) is 7.25. The normalized spacial score (nSPS) is 32.1. The van der Waals surface area contributed by atoms with Crippen molar-refractivity contribution in [3.63, 3.8) is 0 Å². The van der Waals surface area contributed by atoms with E-state index >= 15 is 0 Å². The van der Waals surface area contributed by atoms with Gasteiger partial charge in [0.1, 0.15) is 0 Å². The van der Waals surface area contributed by atoms with E-state index in [1.165, 1.54) is 17.9 Å². The molecule has 0 bridgehead atoms. The Kier molecular flexibility index (Phi) is 4.38. The first kappa shape index (κ1) is 14.1. The molecule has 3 heterocycles. The van der Waals surface area contributed by atoms with E-state index < -0.39 is 10.2 Å². The molecule has 1 unspecified atom stereocenters. The summed E-state index contributed by atoms with van der Waals surface area (Å²) in [6.45, 7) is 4.56. The third-order valence-electron chi connectivity index (χ3n) is 4.41. The lowest BCUT2D eigenvalue weighted by Gasteiger charge is -2.38. The van der Waals surface area contributed by atoms with Crippen molar-refractivity contribution in [1.82, 2.24) is 13.5 Å². The van der Waals surface area contributed by atoms with E-state index in [9.17, 15) is 8.42 Å². The fraction of sp³-hybridized carbons (Fsp3) is 1.00. The number of thioether (sulfide) groups is 1. The fourth-order valence-corrected chi connectivity index (χ4v) is 6.12. The molecule has 0 amide bonds. The van der Waals surface area contributed by atoms with E-state index in [1.54, 1.807) is 8.61 Å². The zero-order chi connectivity index (χ0) is 13.3. The van der Waals surface area contributed by atoms with Gasteiger partial charge < -0.3 is 0 Å². The monoisotopic (exact) mass is 305 g/mol. The molecule has 3 rings (SSSR count). The fourth-order valence-electron chi connectivity index (χ4n) is 3.19. The zero-order valence-electron chi connectivity index (χ0n) is 11.3. The van der Waals surface area contributed by atoms with Crippen LogP contribution in [0.5, 0.6) is 0 Å². The number of piperazine rings is 1. The molecule has 0 aromatic heterocycles. The molecule has 0 radical (unpaired) electrons. The van der Waals surface area contributed by atoms with E-state index in [0.717, 1.165) is 25.9 Å². The van der Waals surface area contributed by atoms with Crippen LogP contribution in [0.2, 0.25) is 0 Å². The summed E-state index contributed by atoms with van der Waals surface area (Å²) >= 11 is 2.02. The Labute approximate surface area is 120 Å². The van der Waals surface area contributed by atoms with E-state index in [2.05, 4.69) is 4.90 Å². The van der Waals surface area contributed by atoms with Crippen molar-refractivity contribution in [2.24, 2.45) is 0 Å². The van der Waals surface area contributed by atoms with Crippen LogP contribution < -0.4 is 0 Å². The maximum absolute atomic E-state index is 12.4. The van der Waals surface area contributed by atoms with Crippen molar-refractivity contribution >= 4 is 22.0 Å². The second-order valence-corrected chi connectivity index (χ2v) is 8.64. The summed E-state index contributed by atoms with van der Waals surface area (Å²) in [4.78, 5) is 2.48. The van der Waals surface area contributed by atoms with Gasteiger partial charge in [0.05, 0.1) is 0 Å². The van der Waals surface area contributed by atoms with Gasteiger partial charge >= 0.3 is 0 Å². The molecule has 5 nitrogen and oxygen atoms in total. The standard InChI is InChI=1S/C12H23N3O2S2/c16-19(17,14-4-1-2-5-14)15-8-6-13(7-9-15)12-3-10-18-11-12/h12H,1-11H2. The van der Waals surface area contributed by atoms with Crippen LogP contribution in [0.4, 0.5) is 0 Å². The topological polar surface area (TPSA) is 43.9 Å². The van der Waals surface area contributed by atoms with Gasteiger partial charge in [0, 0.05) is 51.1 Å². The second kappa shape index (κ2) is 5.89. The summed E-state index contributed by atoms with van der Waals surface area (Å²) in [5.74, 6) is 2.48. The Hall–Kier alpha value is 0.180. The lowest BCUT2D eigenvalue weighted by Crippen LogP contribution is -2.54. The van der Waals surface area contributed by atoms with Crippen LogP contribution in [0, 0.1) is 0 Å². The zero-order valence-corrected chi connectivity index (χ0v) is 13.0. The van der Waals surface area contributed by atoms with Gasteiger partial charge in [-0.2, -0.15) is 28.8 Å². The molecule has 110 valence electrons. The Morgan fingerprint density at radius 2 is 1.53 bits per heavy atom. The molecule has 0 aromatic rings. The van der Waals surface area contributed by atoms with Crippen LogP contribution in [0.25, 0.3) is 0 Å². The lowest BCUT2D eigenvalue weighted by molar-refractivity contribution is 0.144. The van der Waals surface area contributed by atoms with Gasteiger partial charge in [-0.25, -0.2) is 0 Å². The van der Waals surface area contributed by atoms with Crippen LogP contribution in [0.3, 0.4) is 0 Å². The molecule has 0 aliphatic carbocycles. The van der Waals surface area contributed by atoms with E-state index in [0.29, 0.717) is 32.2 Å². The van der Waals surface area contributed by atoms with Crippen LogP contribution >= 0.6 is 11.8 Å². The predicted octanol–water partition coefficient (Wildman–Crippen LogP) is 0.450. The maximum atomic E-state index is 12.4. The minimum Gasteiger partial charge on any atom is -0.297 e. The minimum atomic E-state index is -3.17. The van der Waals surface area contributed by atoms with Crippen LogP contribution in [0.15, 0.2) is 0 Å². The molecule has 3 aliphatic rings. The lowest BCUT2D eigenvalue weighted by atomic mass is 10.2. The SMILES string of the molecule is O=S(=O)(N1CCCC1)N1CCN(C2CCSC2)CC1. The van der Waals surface area contributed by atoms with Crippen LogP contribution in [-0.2, 0) is 10.2 Å². The molecule has 0 N–H and O–H groups in total. The molecule has 0 saturated carbocycles. The van der Waals surface area contributed by atoms with E-state index in [-0.39, 0.29) is 0 Å². The molecule has 3 saturated heterocycles. The average molecular weight is 305 g/mol. The Morgan fingerprint density at radius 1 is 0.895 bits per heavy atom. The summed E-state index contributed by atoms with van der Waals surface area (Å²) in [7, 11) is -3.17. The van der Waals surface area contributed by atoms with Gasteiger partial charge in [-0.1, -0.05) is 0 Å². The van der Waals surface area contributed by atoms with Crippen molar-refractivity contribution in [3.05, 3.63) is 0 Å². The molecule has 0 aromatic carbocycles. The molecule has 19 heavy (non-hydrogen) atoms. The van der Waals surface area contributed by atoms with Gasteiger partial charge in [-0.3, -0.25) is 4.90 Å². The molecule has 3 fully saturated rings. The number of hydrogen-bond donors (Lipinski definition) is 0. The van der Waals surface area contributed by atoms with Crippen LogP contribution in [-0.4, -0.2) is 78.7 Å². The summed E-state index contributed by atoms with van der Waals surface area (Å²) < 4.78 is 28.2. The van der Waals surface area contributed by atoms with E-state index in [4.69, 9.17) is 0 Å². The van der Waals surface area contributed by atoms with Gasteiger partial charge in [-0.15, -0.1) is 0 Å². The Balaban J connectivity index is 1.57. The Bertz CT molecular complexity index is 395. The van der Waals surface area contributed by atoms with E-state index in [1.807, 2.05) is 11.8 Å². The van der Waals surface area contributed by atoms with Gasteiger partial charge in [-0.05, 0) is 25.0 Å². The number of hydrogen-bond acceptors (Lipinski definition) is 4. The third-order valence-corrected chi connectivity index (χ3v) is 7.59. The van der Waals surface area contributed by atoms with Crippen molar-refractivity contribution in [1.29, 1.82) is 0 Å². The molecule has 1 atom stereocenters. The molecule has 3 aliphatic heterocycles. The van der Waals surface area contributed by atoms with Crippen molar-refractivity contribution < 1.29 is 8.42 Å². The number of rotatable bonds is 3. The van der Waals surface area contributed by atoms with Gasteiger partial charge in [0.15, 0.2) is 0 Å². The molecule has 7 heteroatoms. The average Bonchev–Trinajstić information content (AvgIpc) is 3.12. The van der Waals surface area contributed by atoms with Crippen molar-refractivity contribution in [3.8, 4) is 0 Å². The highest BCUT2D eigenvalue weighted by Crippen LogP contribution is 2.24. The van der Waals surface area contributed by atoms with Gasteiger partial charge in [0.2, 0.25) is 0 Å². The molecular weight excluding hydrogens is 282 g/mol. The molecule has 0 spiro atoms. The van der Waals surface area contributed by atoms with Crippen molar-refractivity contribution in [2.75, 3.05) is 50.8 Å². The highest BCUT2D eigenvalue weighted by Gasteiger charge is 2.35. The minimum absolute atomic E-state index is 0.667. The largest absolute Gasteiger partial charge is 0.297 e. The van der Waals surface area contributed by atoms with Crippen LogP contribution in [0.1, 0.15) is 19.3 Å². The summed E-state index contributed by atoms with van der Waals surface area (Å²) in [5, 5.41) is 0.